The molecule has 0 radical (unpaired) electrons. The monoisotopic (exact) mass is 691 g/mol. The number of amides is 1. The number of benzene rings is 4. The van der Waals surface area contributed by atoms with Crippen molar-refractivity contribution in [3.8, 4) is 11.1 Å². The number of nitrogens with one attached hydrogen (secondary N) is 1. The summed E-state index contributed by atoms with van der Waals surface area (Å²) < 4.78 is 13.4. The summed E-state index contributed by atoms with van der Waals surface area (Å²) in [5.41, 5.74) is 7.28. The Labute approximate surface area is 300 Å². The van der Waals surface area contributed by atoms with E-state index in [4.69, 9.17) is 14.6 Å². The fourth-order valence-corrected chi connectivity index (χ4v) is 6.87. The Kier molecular flexibility index (Phi) is 13.0. The summed E-state index contributed by atoms with van der Waals surface area (Å²) in [6.07, 6.45) is 1.46. The van der Waals surface area contributed by atoms with Crippen molar-refractivity contribution in [2.45, 2.75) is 70.3 Å². The summed E-state index contributed by atoms with van der Waals surface area (Å²) in [6, 6.07) is 35.1. The molecule has 0 aliphatic carbocycles. The predicted octanol–water partition coefficient (Wildman–Crippen LogP) is 6.47. The number of aliphatic hydroxyl groups excluding tert-OH is 1. The highest BCUT2D eigenvalue weighted by Gasteiger charge is 2.34. The van der Waals surface area contributed by atoms with Crippen molar-refractivity contribution in [2.24, 2.45) is 0 Å². The van der Waals surface area contributed by atoms with Gasteiger partial charge in [-0.1, -0.05) is 91.0 Å². The zero-order chi connectivity index (χ0) is 35.4. The molecule has 0 bridgehead atoms. The number of unbranched alkanes of at least 4 members (excludes halogenated alkanes) is 1. The van der Waals surface area contributed by atoms with Gasteiger partial charge in [0.2, 0.25) is 5.91 Å². The fourth-order valence-electron chi connectivity index (χ4n) is 6.87. The van der Waals surface area contributed by atoms with Gasteiger partial charge in [-0.3, -0.25) is 19.4 Å². The number of ether oxygens (including phenoxy) is 2. The van der Waals surface area contributed by atoms with Crippen LogP contribution in [-0.2, 0) is 38.8 Å². The van der Waals surface area contributed by atoms with Gasteiger partial charge in [0.15, 0.2) is 6.29 Å². The first-order valence-corrected chi connectivity index (χ1v) is 18.1. The number of carbonyl (C=O) groups is 2. The standard InChI is InChI=1S/C42H49N3O6/c46-30-32-16-18-34(19-17-32)39-26-38(29-45-22-20-44(21-23-45)28-31-8-2-1-3-9-31)50-42(51-39)37-13-7-12-36(25-37)35-11-6-10-33(24-35)27-43-40(47)14-4-5-15-41(48)49/h1-3,6-13,16-19,24-25,38-39,42,46H,4-5,14-15,20-23,26-30H2,(H,43,47)(H,48,49)/t38-,39+,42+/m1/s1. The molecule has 3 N–H and O–H groups in total. The Bertz CT molecular complexity index is 1710. The third-order valence-corrected chi connectivity index (χ3v) is 9.74. The molecule has 51 heavy (non-hydrogen) atoms. The van der Waals surface area contributed by atoms with Gasteiger partial charge < -0.3 is 25.0 Å². The van der Waals surface area contributed by atoms with Gasteiger partial charge in [0.1, 0.15) is 0 Å². The van der Waals surface area contributed by atoms with E-state index in [1.165, 1.54) is 5.56 Å². The second-order valence-electron chi connectivity index (χ2n) is 13.6. The van der Waals surface area contributed by atoms with Gasteiger partial charge in [-0.05, 0) is 58.4 Å². The third-order valence-electron chi connectivity index (χ3n) is 9.74. The summed E-state index contributed by atoms with van der Waals surface area (Å²) in [5.74, 6) is -0.918. The van der Waals surface area contributed by atoms with Crippen LogP contribution in [0.1, 0.15) is 72.3 Å². The predicted molar refractivity (Wildman–Crippen MR) is 196 cm³/mol. The molecule has 3 atom stereocenters. The number of aliphatic hydroxyl groups is 1. The number of aliphatic carboxylic acids is 1. The summed E-state index contributed by atoms with van der Waals surface area (Å²) in [5, 5.41) is 21.4. The van der Waals surface area contributed by atoms with E-state index in [0.717, 1.165) is 79.1 Å². The Morgan fingerprint density at radius 3 is 2.14 bits per heavy atom. The van der Waals surface area contributed by atoms with Crippen LogP contribution in [0.2, 0.25) is 0 Å². The molecule has 0 unspecified atom stereocenters. The van der Waals surface area contributed by atoms with E-state index in [2.05, 4.69) is 87.9 Å². The average Bonchev–Trinajstić information content (AvgIpc) is 3.17. The molecule has 0 spiro atoms. The molecule has 2 saturated heterocycles. The maximum absolute atomic E-state index is 12.3. The summed E-state index contributed by atoms with van der Waals surface area (Å²) in [7, 11) is 0. The normalized spacial score (nSPS) is 19.8. The van der Waals surface area contributed by atoms with Crippen molar-refractivity contribution in [1.82, 2.24) is 15.1 Å². The molecule has 9 nitrogen and oxygen atoms in total. The summed E-state index contributed by atoms with van der Waals surface area (Å²) >= 11 is 0. The fraction of sp³-hybridized carbons (Fsp3) is 0.381. The number of carboxylic acids is 1. The lowest BCUT2D eigenvalue weighted by atomic mass is 9.98. The molecule has 1 amide bonds. The summed E-state index contributed by atoms with van der Waals surface area (Å²) in [4.78, 5) is 28.1. The first kappa shape index (κ1) is 36.4. The van der Waals surface area contributed by atoms with Gasteiger partial charge >= 0.3 is 5.97 Å². The molecule has 2 fully saturated rings. The number of hydrogen-bond acceptors (Lipinski definition) is 7. The lowest BCUT2D eigenvalue weighted by Gasteiger charge is -2.41. The van der Waals surface area contributed by atoms with Gasteiger partial charge in [0.05, 0.1) is 18.8 Å². The van der Waals surface area contributed by atoms with Crippen molar-refractivity contribution >= 4 is 11.9 Å². The zero-order valence-electron chi connectivity index (χ0n) is 29.2. The van der Waals surface area contributed by atoms with E-state index >= 15 is 0 Å². The van der Waals surface area contributed by atoms with Crippen molar-refractivity contribution in [3.63, 3.8) is 0 Å². The Hall–Kier alpha value is -4.38. The van der Waals surface area contributed by atoms with E-state index in [1.807, 2.05) is 30.3 Å². The van der Waals surface area contributed by atoms with Crippen LogP contribution < -0.4 is 5.32 Å². The van der Waals surface area contributed by atoms with Gasteiger partial charge in [-0.2, -0.15) is 0 Å². The molecule has 6 rings (SSSR count). The number of rotatable bonds is 15. The van der Waals surface area contributed by atoms with E-state index in [-0.39, 0.29) is 31.1 Å². The highest BCUT2D eigenvalue weighted by atomic mass is 16.7. The lowest BCUT2D eigenvalue weighted by Crippen LogP contribution is -2.49. The van der Waals surface area contributed by atoms with Crippen LogP contribution in [0.4, 0.5) is 0 Å². The highest BCUT2D eigenvalue weighted by Crippen LogP contribution is 2.39. The van der Waals surface area contributed by atoms with E-state index in [0.29, 0.717) is 25.8 Å². The van der Waals surface area contributed by atoms with Crippen molar-refractivity contribution in [2.75, 3.05) is 32.7 Å². The maximum atomic E-state index is 12.3. The second kappa shape index (κ2) is 18.2. The Morgan fingerprint density at radius 2 is 1.39 bits per heavy atom. The SMILES string of the molecule is O=C(O)CCCCC(=O)NCc1cccc(-c2cccc([C@H]3O[C@@H](CN4CCN(Cc5ccccc5)CC4)C[C@@H](c4ccc(CO)cc4)O3)c2)c1. The van der Waals surface area contributed by atoms with Crippen molar-refractivity contribution < 1.29 is 29.3 Å². The second-order valence-corrected chi connectivity index (χ2v) is 13.6. The van der Waals surface area contributed by atoms with Crippen LogP contribution in [0.5, 0.6) is 0 Å². The molecular formula is C42H49N3O6. The van der Waals surface area contributed by atoms with Crippen LogP contribution in [0.15, 0.2) is 103 Å². The topological polar surface area (TPSA) is 112 Å². The van der Waals surface area contributed by atoms with Gasteiger partial charge in [-0.25, -0.2) is 0 Å². The summed E-state index contributed by atoms with van der Waals surface area (Å²) in [6.45, 7) is 6.23. The van der Waals surface area contributed by atoms with E-state index in [1.54, 1.807) is 0 Å². The molecular weight excluding hydrogens is 642 g/mol. The number of nitrogens with zero attached hydrogens (tertiary/aromatic N) is 2. The van der Waals surface area contributed by atoms with Crippen LogP contribution in [-0.4, -0.2) is 70.7 Å². The molecule has 268 valence electrons. The van der Waals surface area contributed by atoms with E-state index in [9.17, 15) is 14.7 Å². The first-order valence-electron chi connectivity index (χ1n) is 18.1. The van der Waals surface area contributed by atoms with Gasteiger partial charge in [-0.15, -0.1) is 0 Å². The van der Waals surface area contributed by atoms with Crippen molar-refractivity contribution in [3.05, 3.63) is 131 Å². The van der Waals surface area contributed by atoms with Crippen LogP contribution in [0, 0.1) is 0 Å². The van der Waals surface area contributed by atoms with Crippen LogP contribution >= 0.6 is 0 Å². The minimum absolute atomic E-state index is 0.00533. The smallest absolute Gasteiger partial charge is 0.303 e. The Morgan fingerprint density at radius 1 is 0.706 bits per heavy atom. The van der Waals surface area contributed by atoms with Crippen LogP contribution in [0.25, 0.3) is 11.1 Å². The number of carbonyl (C=O) groups excluding carboxylic acids is 1. The minimum atomic E-state index is -0.838. The maximum Gasteiger partial charge on any atom is 0.303 e. The van der Waals surface area contributed by atoms with E-state index < -0.39 is 12.3 Å². The lowest BCUT2D eigenvalue weighted by molar-refractivity contribution is -0.253. The highest BCUT2D eigenvalue weighted by molar-refractivity contribution is 5.76. The van der Waals surface area contributed by atoms with Gasteiger partial charge in [0, 0.05) is 70.6 Å². The molecule has 0 aromatic heterocycles. The third kappa shape index (κ3) is 10.8. The molecule has 2 heterocycles. The Balaban J connectivity index is 1.11. The molecule has 9 heteroatoms. The first-order chi connectivity index (χ1) is 24.9. The number of piperazine rings is 1. The molecule has 4 aromatic carbocycles. The molecule has 0 saturated carbocycles. The average molecular weight is 692 g/mol. The molecule has 4 aromatic rings. The molecule has 2 aliphatic rings. The van der Waals surface area contributed by atoms with Crippen molar-refractivity contribution in [1.29, 1.82) is 0 Å². The number of hydrogen-bond donors (Lipinski definition) is 3. The van der Waals surface area contributed by atoms with Crippen LogP contribution in [0.3, 0.4) is 0 Å². The number of carboxylic acid groups (broad SMARTS) is 1. The quantitative estimate of drug-likeness (QED) is 0.122. The zero-order valence-corrected chi connectivity index (χ0v) is 29.2. The van der Waals surface area contributed by atoms with Gasteiger partial charge in [0.25, 0.3) is 0 Å². The largest absolute Gasteiger partial charge is 0.481 e. The molecule has 2 aliphatic heterocycles. The minimum Gasteiger partial charge on any atom is -0.481 e.